The summed E-state index contributed by atoms with van der Waals surface area (Å²) in [5.74, 6) is 2.77. The summed E-state index contributed by atoms with van der Waals surface area (Å²) in [4.78, 5) is 0. The Hall–Kier alpha value is -1.20. The fraction of sp³-hybridized carbons (Fsp3) is 0. The van der Waals surface area contributed by atoms with E-state index in [4.69, 9.17) is 0 Å². The molecule has 0 N–H and O–H groups in total. The first kappa shape index (κ1) is 6.91. The highest BCUT2D eigenvalue weighted by Gasteiger charge is 1.79. The molecule has 47 valence electrons. The van der Waals surface area contributed by atoms with E-state index in [-0.39, 0.29) is 0 Å². The van der Waals surface area contributed by atoms with Crippen LogP contribution in [0.15, 0.2) is 30.3 Å². The molecule has 0 aliphatic heterocycles. The number of hydrogen-bond donors (Lipinski definition) is 0. The zero-order valence-electron chi connectivity index (χ0n) is 5.29. The van der Waals surface area contributed by atoms with Crippen molar-refractivity contribution in [2.45, 2.75) is 0 Å². The zero-order chi connectivity index (χ0) is 7.23. The Kier molecular flexibility index (Phi) is 2.59. The third-order valence-electron chi connectivity index (χ3n) is 1.02. The van der Waals surface area contributed by atoms with Crippen molar-refractivity contribution in [3.05, 3.63) is 35.9 Å². The standard InChI is InChI=1S/C8H5OSi/c10-9-7-6-8-4-2-1-3-5-8/h1-5H. The van der Waals surface area contributed by atoms with Crippen molar-refractivity contribution in [3.63, 3.8) is 0 Å². The Labute approximate surface area is 63.6 Å². The van der Waals surface area contributed by atoms with Crippen LogP contribution in [0, 0.1) is 12.0 Å². The summed E-state index contributed by atoms with van der Waals surface area (Å²) in [5, 5.41) is 0. The first-order valence-electron chi connectivity index (χ1n) is 2.82. The van der Waals surface area contributed by atoms with Gasteiger partial charge in [-0.05, 0) is 18.1 Å². The van der Waals surface area contributed by atoms with Gasteiger partial charge in [0.15, 0.2) is 0 Å². The molecule has 0 fully saturated rings. The topological polar surface area (TPSA) is 9.23 Å². The molecule has 1 aromatic carbocycles. The maximum absolute atomic E-state index is 4.39. The molecular weight excluding hydrogens is 140 g/mol. The predicted octanol–water partition coefficient (Wildman–Crippen LogP) is 1.10. The quantitative estimate of drug-likeness (QED) is 0.392. The highest BCUT2D eigenvalue weighted by Crippen LogP contribution is 1.93. The summed E-state index contributed by atoms with van der Waals surface area (Å²) >= 11 is 0. The molecule has 3 radical (unpaired) electrons. The molecule has 2 heteroatoms. The van der Waals surface area contributed by atoms with Crippen LogP contribution in [0.2, 0.25) is 0 Å². The highest BCUT2D eigenvalue weighted by molar-refractivity contribution is 5.98. The van der Waals surface area contributed by atoms with Gasteiger partial charge in [0.25, 0.3) is 0 Å². The molecule has 1 nitrogen and oxygen atoms in total. The Morgan fingerprint density at radius 1 is 1.20 bits per heavy atom. The van der Waals surface area contributed by atoms with Crippen LogP contribution in [-0.4, -0.2) is 10.5 Å². The van der Waals surface area contributed by atoms with Gasteiger partial charge in [-0.15, -0.1) is 0 Å². The fourth-order valence-corrected chi connectivity index (χ4v) is 0.657. The molecule has 0 bridgehead atoms. The summed E-state index contributed by atoms with van der Waals surface area (Å²) in [7, 11) is 2.78. The third kappa shape index (κ3) is 1.96. The molecule has 0 aliphatic carbocycles. The first-order chi connectivity index (χ1) is 4.93. The van der Waals surface area contributed by atoms with Gasteiger partial charge in [0.05, 0.1) is 6.11 Å². The maximum Gasteiger partial charge on any atom is 0.359 e. The predicted molar refractivity (Wildman–Crippen MR) is 40.2 cm³/mol. The van der Waals surface area contributed by atoms with Crippen LogP contribution in [0.4, 0.5) is 0 Å². The Balaban J connectivity index is 2.76. The second-order valence-corrected chi connectivity index (χ2v) is 1.90. The molecular formula is C8H5OSi. The van der Waals surface area contributed by atoms with Crippen molar-refractivity contribution in [1.82, 2.24) is 0 Å². The lowest BCUT2D eigenvalue weighted by Gasteiger charge is -1.84. The van der Waals surface area contributed by atoms with Gasteiger partial charge < -0.3 is 4.43 Å². The van der Waals surface area contributed by atoms with E-state index in [1.54, 1.807) is 0 Å². The third-order valence-corrected chi connectivity index (χ3v) is 1.12. The van der Waals surface area contributed by atoms with Gasteiger partial charge in [-0.3, -0.25) is 0 Å². The SMILES string of the molecule is [Si]OC#Cc1ccccc1. The lowest BCUT2D eigenvalue weighted by molar-refractivity contribution is 0.579. The van der Waals surface area contributed by atoms with Crippen LogP contribution in [0.25, 0.3) is 0 Å². The van der Waals surface area contributed by atoms with Gasteiger partial charge in [0, 0.05) is 5.56 Å². The number of hydrogen-bond acceptors (Lipinski definition) is 1. The monoisotopic (exact) mass is 145 g/mol. The van der Waals surface area contributed by atoms with Crippen LogP contribution < -0.4 is 0 Å². The number of rotatable bonds is 0. The molecule has 0 amide bonds. The molecule has 0 spiro atoms. The maximum atomic E-state index is 4.39. The van der Waals surface area contributed by atoms with Gasteiger partial charge in [-0.25, -0.2) is 0 Å². The molecule has 0 saturated carbocycles. The lowest BCUT2D eigenvalue weighted by Crippen LogP contribution is -1.72. The van der Waals surface area contributed by atoms with E-state index >= 15 is 0 Å². The van der Waals surface area contributed by atoms with Crippen LogP contribution in [-0.2, 0) is 4.43 Å². The highest BCUT2D eigenvalue weighted by atomic mass is 28.2. The normalized spacial score (nSPS) is 7.70. The smallest absolute Gasteiger partial charge is 0.359 e. The van der Waals surface area contributed by atoms with E-state index < -0.39 is 0 Å². The second-order valence-electron chi connectivity index (χ2n) is 1.70. The average Bonchev–Trinajstić information content (AvgIpc) is 2.03. The minimum atomic E-state index is 0.945. The van der Waals surface area contributed by atoms with Crippen molar-refractivity contribution in [2.75, 3.05) is 0 Å². The second kappa shape index (κ2) is 3.75. The summed E-state index contributed by atoms with van der Waals surface area (Å²) in [5.41, 5.74) is 0.945. The van der Waals surface area contributed by atoms with Gasteiger partial charge in [0.2, 0.25) is 0 Å². The van der Waals surface area contributed by atoms with E-state index in [1.807, 2.05) is 30.3 Å². The van der Waals surface area contributed by atoms with Gasteiger partial charge in [-0.2, -0.15) is 0 Å². The zero-order valence-corrected chi connectivity index (χ0v) is 6.29. The molecule has 0 aliphatic rings. The summed E-state index contributed by atoms with van der Waals surface area (Å²) in [6.07, 6.45) is 2.43. The van der Waals surface area contributed by atoms with E-state index in [0.29, 0.717) is 0 Å². The van der Waals surface area contributed by atoms with Crippen LogP contribution >= 0.6 is 0 Å². The molecule has 1 aromatic rings. The molecule has 0 saturated heterocycles. The van der Waals surface area contributed by atoms with Crippen LogP contribution in [0.3, 0.4) is 0 Å². The van der Waals surface area contributed by atoms with Gasteiger partial charge >= 0.3 is 10.5 Å². The van der Waals surface area contributed by atoms with Crippen molar-refractivity contribution in [3.8, 4) is 12.0 Å². The van der Waals surface area contributed by atoms with Crippen LogP contribution in [0.1, 0.15) is 5.56 Å². The largest absolute Gasteiger partial charge is 0.499 e. The molecule has 0 atom stereocenters. The summed E-state index contributed by atoms with van der Waals surface area (Å²) < 4.78 is 4.39. The summed E-state index contributed by atoms with van der Waals surface area (Å²) in [6, 6.07) is 9.63. The Bertz CT molecular complexity index is 245. The molecule has 1 rings (SSSR count). The average molecular weight is 145 g/mol. The molecule has 0 aromatic heterocycles. The molecule has 0 heterocycles. The first-order valence-corrected chi connectivity index (χ1v) is 3.23. The van der Waals surface area contributed by atoms with E-state index in [2.05, 4.69) is 26.9 Å². The fourth-order valence-electron chi connectivity index (χ4n) is 0.606. The van der Waals surface area contributed by atoms with Crippen molar-refractivity contribution in [2.24, 2.45) is 0 Å². The van der Waals surface area contributed by atoms with Crippen LogP contribution in [0.5, 0.6) is 0 Å². The van der Waals surface area contributed by atoms with E-state index in [0.717, 1.165) is 5.56 Å². The van der Waals surface area contributed by atoms with E-state index in [9.17, 15) is 0 Å². The Morgan fingerprint density at radius 3 is 2.50 bits per heavy atom. The van der Waals surface area contributed by atoms with Crippen molar-refractivity contribution < 1.29 is 4.43 Å². The lowest BCUT2D eigenvalue weighted by atomic mass is 10.2. The molecule has 0 unspecified atom stereocenters. The van der Waals surface area contributed by atoms with E-state index in [1.165, 1.54) is 0 Å². The van der Waals surface area contributed by atoms with Gasteiger partial charge in [-0.1, -0.05) is 18.2 Å². The summed E-state index contributed by atoms with van der Waals surface area (Å²) in [6.45, 7) is 0. The minimum absolute atomic E-state index is 0.945. The number of benzene rings is 1. The van der Waals surface area contributed by atoms with Gasteiger partial charge in [0.1, 0.15) is 0 Å². The van der Waals surface area contributed by atoms with Crippen molar-refractivity contribution >= 4 is 10.5 Å². The minimum Gasteiger partial charge on any atom is -0.499 e. The van der Waals surface area contributed by atoms with Crippen molar-refractivity contribution in [1.29, 1.82) is 0 Å². The molecule has 10 heavy (non-hydrogen) atoms. The Morgan fingerprint density at radius 2 is 1.90 bits per heavy atom.